The summed E-state index contributed by atoms with van der Waals surface area (Å²) in [5.41, 5.74) is 1.49. The molecule has 1 rings (SSSR count). The lowest BCUT2D eigenvalue weighted by Gasteiger charge is -2.07. The molecule has 0 radical (unpaired) electrons. The largest absolute Gasteiger partial charge is 0.395 e. The van der Waals surface area contributed by atoms with E-state index in [0.29, 0.717) is 0 Å². The molecule has 1 heterocycles. The summed E-state index contributed by atoms with van der Waals surface area (Å²) in [6.45, 7) is 3.90. The standard InChI is InChI=1S/C12H18N2O3/c1-3-4-10-8(2)7-9(12(17)14-10)11(16)13-5-6-15/h7,15H,3-6H2,1-2H3,(H,13,16)(H,14,17). The minimum atomic E-state index is -0.452. The van der Waals surface area contributed by atoms with Crippen molar-refractivity contribution in [2.45, 2.75) is 26.7 Å². The van der Waals surface area contributed by atoms with E-state index < -0.39 is 5.91 Å². The van der Waals surface area contributed by atoms with E-state index in [1.165, 1.54) is 0 Å². The second-order valence-corrected chi connectivity index (χ2v) is 3.90. The Morgan fingerprint density at radius 2 is 2.24 bits per heavy atom. The Morgan fingerprint density at radius 1 is 1.53 bits per heavy atom. The molecule has 94 valence electrons. The van der Waals surface area contributed by atoms with Crippen molar-refractivity contribution in [1.82, 2.24) is 10.3 Å². The highest BCUT2D eigenvalue weighted by atomic mass is 16.3. The number of carbonyl (C=O) groups excluding carboxylic acids is 1. The summed E-state index contributed by atoms with van der Waals surface area (Å²) in [5, 5.41) is 11.1. The highest BCUT2D eigenvalue weighted by molar-refractivity contribution is 5.93. The number of hydrogen-bond acceptors (Lipinski definition) is 3. The number of aliphatic hydroxyl groups excluding tert-OH is 1. The summed E-state index contributed by atoms with van der Waals surface area (Å²) < 4.78 is 0. The van der Waals surface area contributed by atoms with Gasteiger partial charge in [-0.1, -0.05) is 13.3 Å². The van der Waals surface area contributed by atoms with Gasteiger partial charge in [0.1, 0.15) is 5.56 Å². The molecular weight excluding hydrogens is 220 g/mol. The molecule has 0 saturated carbocycles. The Balaban J connectivity index is 2.99. The van der Waals surface area contributed by atoms with Crippen LogP contribution in [0.25, 0.3) is 0 Å². The van der Waals surface area contributed by atoms with Gasteiger partial charge in [-0.15, -0.1) is 0 Å². The fourth-order valence-electron chi connectivity index (χ4n) is 1.62. The number of nitrogens with one attached hydrogen (secondary N) is 2. The van der Waals surface area contributed by atoms with Crippen molar-refractivity contribution in [2.75, 3.05) is 13.2 Å². The second kappa shape index (κ2) is 6.20. The summed E-state index contributed by atoms with van der Waals surface area (Å²) in [6, 6.07) is 1.59. The van der Waals surface area contributed by atoms with Crippen molar-refractivity contribution in [3.05, 3.63) is 33.2 Å². The van der Waals surface area contributed by atoms with E-state index in [1.807, 2.05) is 13.8 Å². The molecule has 0 unspecified atom stereocenters. The Labute approximate surface area is 99.9 Å². The van der Waals surface area contributed by atoms with E-state index >= 15 is 0 Å². The quantitative estimate of drug-likeness (QED) is 0.692. The van der Waals surface area contributed by atoms with E-state index in [9.17, 15) is 9.59 Å². The van der Waals surface area contributed by atoms with Gasteiger partial charge in [0.2, 0.25) is 0 Å². The van der Waals surface area contributed by atoms with Gasteiger partial charge < -0.3 is 15.4 Å². The molecular formula is C12H18N2O3. The Bertz CT molecular complexity index is 452. The highest BCUT2D eigenvalue weighted by Gasteiger charge is 2.12. The number of rotatable bonds is 5. The Kier molecular flexibility index (Phi) is 4.90. The molecule has 0 spiro atoms. The Morgan fingerprint density at radius 3 is 2.82 bits per heavy atom. The first-order valence-electron chi connectivity index (χ1n) is 5.72. The van der Waals surface area contributed by atoms with Crippen molar-refractivity contribution < 1.29 is 9.90 Å². The van der Waals surface area contributed by atoms with E-state index in [4.69, 9.17) is 5.11 Å². The Hall–Kier alpha value is -1.62. The lowest BCUT2D eigenvalue weighted by molar-refractivity contribution is 0.0943. The molecule has 3 N–H and O–H groups in total. The van der Waals surface area contributed by atoms with Gasteiger partial charge in [0, 0.05) is 12.2 Å². The number of aromatic amines is 1. The van der Waals surface area contributed by atoms with Crippen molar-refractivity contribution in [3.63, 3.8) is 0 Å². The molecule has 0 bridgehead atoms. The van der Waals surface area contributed by atoms with Crippen LogP contribution in [0.2, 0.25) is 0 Å². The summed E-state index contributed by atoms with van der Waals surface area (Å²) in [7, 11) is 0. The van der Waals surface area contributed by atoms with Crippen LogP contribution in [0.3, 0.4) is 0 Å². The topological polar surface area (TPSA) is 82.2 Å². The zero-order valence-electron chi connectivity index (χ0n) is 10.2. The predicted octanol–water partition coefficient (Wildman–Crippen LogP) is 0.358. The van der Waals surface area contributed by atoms with Gasteiger partial charge in [-0.05, 0) is 25.0 Å². The lowest BCUT2D eigenvalue weighted by atomic mass is 10.1. The van der Waals surface area contributed by atoms with Crippen LogP contribution in [0.4, 0.5) is 0 Å². The monoisotopic (exact) mass is 238 g/mol. The molecule has 5 nitrogen and oxygen atoms in total. The smallest absolute Gasteiger partial charge is 0.261 e. The van der Waals surface area contributed by atoms with Crippen LogP contribution in [-0.4, -0.2) is 29.1 Å². The average molecular weight is 238 g/mol. The van der Waals surface area contributed by atoms with Crippen LogP contribution in [0, 0.1) is 6.92 Å². The van der Waals surface area contributed by atoms with Gasteiger partial charge in [-0.25, -0.2) is 0 Å². The number of pyridine rings is 1. The normalized spacial score (nSPS) is 10.3. The van der Waals surface area contributed by atoms with E-state index in [2.05, 4.69) is 10.3 Å². The van der Waals surface area contributed by atoms with E-state index in [-0.39, 0.29) is 24.3 Å². The van der Waals surface area contributed by atoms with Crippen molar-refractivity contribution >= 4 is 5.91 Å². The number of aryl methyl sites for hydroxylation is 2. The predicted molar refractivity (Wildman–Crippen MR) is 65.2 cm³/mol. The van der Waals surface area contributed by atoms with Gasteiger partial charge in [0.15, 0.2) is 0 Å². The SMILES string of the molecule is CCCc1[nH]c(=O)c(C(=O)NCCO)cc1C. The maximum absolute atomic E-state index is 11.7. The van der Waals surface area contributed by atoms with Crippen molar-refractivity contribution in [1.29, 1.82) is 0 Å². The maximum Gasteiger partial charge on any atom is 0.261 e. The first kappa shape index (κ1) is 13.4. The first-order chi connectivity index (χ1) is 8.10. The first-order valence-corrected chi connectivity index (χ1v) is 5.72. The zero-order chi connectivity index (χ0) is 12.8. The van der Waals surface area contributed by atoms with Crippen LogP contribution < -0.4 is 10.9 Å². The number of H-pyrrole nitrogens is 1. The van der Waals surface area contributed by atoms with Gasteiger partial charge in [-0.3, -0.25) is 9.59 Å². The van der Waals surface area contributed by atoms with Crippen LogP contribution in [0.15, 0.2) is 10.9 Å². The fraction of sp³-hybridized carbons (Fsp3) is 0.500. The minimum absolute atomic E-state index is 0.0933. The maximum atomic E-state index is 11.7. The third-order valence-electron chi connectivity index (χ3n) is 2.49. The summed E-state index contributed by atoms with van der Waals surface area (Å²) in [5.74, 6) is -0.452. The number of amides is 1. The van der Waals surface area contributed by atoms with Crippen LogP contribution in [-0.2, 0) is 6.42 Å². The van der Waals surface area contributed by atoms with Crippen LogP contribution >= 0.6 is 0 Å². The average Bonchev–Trinajstić information content (AvgIpc) is 2.30. The number of hydrogen-bond donors (Lipinski definition) is 3. The van der Waals surface area contributed by atoms with Crippen molar-refractivity contribution in [3.8, 4) is 0 Å². The van der Waals surface area contributed by atoms with Crippen LogP contribution in [0.5, 0.6) is 0 Å². The summed E-state index contributed by atoms with van der Waals surface area (Å²) in [6.07, 6.45) is 1.73. The van der Waals surface area contributed by atoms with Gasteiger partial charge >= 0.3 is 0 Å². The molecule has 5 heteroatoms. The summed E-state index contributed by atoms with van der Waals surface area (Å²) in [4.78, 5) is 26.0. The molecule has 0 saturated heterocycles. The van der Waals surface area contributed by atoms with E-state index in [0.717, 1.165) is 24.1 Å². The third kappa shape index (κ3) is 3.42. The van der Waals surface area contributed by atoms with Gasteiger partial charge in [0.25, 0.3) is 11.5 Å². The molecule has 0 aromatic carbocycles. The molecule has 1 aromatic heterocycles. The molecule has 0 fully saturated rings. The summed E-state index contributed by atoms with van der Waals surface area (Å²) >= 11 is 0. The van der Waals surface area contributed by atoms with Crippen molar-refractivity contribution in [2.24, 2.45) is 0 Å². The molecule has 1 amide bonds. The molecule has 0 atom stereocenters. The number of aliphatic hydroxyl groups is 1. The molecule has 0 aliphatic heterocycles. The van der Waals surface area contributed by atoms with E-state index in [1.54, 1.807) is 6.07 Å². The molecule has 0 aliphatic rings. The molecule has 0 aliphatic carbocycles. The van der Waals surface area contributed by atoms with Gasteiger partial charge in [-0.2, -0.15) is 0 Å². The third-order valence-corrected chi connectivity index (χ3v) is 2.49. The molecule has 17 heavy (non-hydrogen) atoms. The van der Waals surface area contributed by atoms with Gasteiger partial charge in [0.05, 0.1) is 6.61 Å². The number of aromatic nitrogens is 1. The second-order valence-electron chi connectivity index (χ2n) is 3.90. The zero-order valence-corrected chi connectivity index (χ0v) is 10.2. The lowest BCUT2D eigenvalue weighted by Crippen LogP contribution is -2.32. The van der Waals surface area contributed by atoms with Crippen LogP contribution in [0.1, 0.15) is 35.0 Å². The number of carbonyl (C=O) groups is 1. The molecule has 1 aromatic rings. The minimum Gasteiger partial charge on any atom is -0.395 e. The fourth-order valence-corrected chi connectivity index (χ4v) is 1.62. The highest BCUT2D eigenvalue weighted by Crippen LogP contribution is 2.06.